The van der Waals surface area contributed by atoms with E-state index in [-0.39, 0.29) is 0 Å². The molecule has 1 atom stereocenters. The Balaban J connectivity index is 2.01. The van der Waals surface area contributed by atoms with Crippen LogP contribution in [0.5, 0.6) is 0 Å². The van der Waals surface area contributed by atoms with Gasteiger partial charge in [-0.25, -0.2) is 0 Å². The first-order chi connectivity index (χ1) is 7.28. The summed E-state index contributed by atoms with van der Waals surface area (Å²) in [5.41, 5.74) is 7.48. The SMILES string of the molecule is CCc1ccc(CC2=CC(N)CCC2)s1. The van der Waals surface area contributed by atoms with Crippen LogP contribution in [0.25, 0.3) is 0 Å². The average Bonchev–Trinajstić information content (AvgIpc) is 2.65. The lowest BCUT2D eigenvalue weighted by molar-refractivity contribution is 0.618. The van der Waals surface area contributed by atoms with Crippen LogP contribution in [-0.2, 0) is 12.8 Å². The lowest BCUT2D eigenvalue weighted by Crippen LogP contribution is -2.20. The number of nitrogens with two attached hydrogens (primary N) is 1. The molecule has 0 fully saturated rings. The summed E-state index contributed by atoms with van der Waals surface area (Å²) in [6, 6.07) is 4.83. The van der Waals surface area contributed by atoms with Crippen LogP contribution in [-0.4, -0.2) is 6.04 Å². The zero-order valence-electron chi connectivity index (χ0n) is 9.33. The Morgan fingerprint density at radius 2 is 2.20 bits per heavy atom. The lowest BCUT2D eigenvalue weighted by Gasteiger charge is -2.17. The van der Waals surface area contributed by atoms with E-state index in [1.54, 1.807) is 5.57 Å². The predicted molar refractivity (Wildman–Crippen MR) is 67.3 cm³/mol. The van der Waals surface area contributed by atoms with E-state index < -0.39 is 0 Å². The van der Waals surface area contributed by atoms with Gasteiger partial charge in [-0.3, -0.25) is 0 Å². The van der Waals surface area contributed by atoms with Crippen molar-refractivity contribution in [3.05, 3.63) is 33.5 Å². The molecule has 15 heavy (non-hydrogen) atoms. The fourth-order valence-corrected chi connectivity index (χ4v) is 3.12. The van der Waals surface area contributed by atoms with E-state index in [4.69, 9.17) is 5.73 Å². The van der Waals surface area contributed by atoms with E-state index >= 15 is 0 Å². The summed E-state index contributed by atoms with van der Waals surface area (Å²) in [5, 5.41) is 0. The van der Waals surface area contributed by atoms with Gasteiger partial charge in [0.25, 0.3) is 0 Å². The van der Waals surface area contributed by atoms with Crippen LogP contribution in [0.1, 0.15) is 35.9 Å². The molecule has 1 aromatic rings. The maximum Gasteiger partial charge on any atom is 0.0226 e. The van der Waals surface area contributed by atoms with Crippen molar-refractivity contribution in [2.75, 3.05) is 0 Å². The van der Waals surface area contributed by atoms with Crippen molar-refractivity contribution < 1.29 is 0 Å². The molecule has 2 heteroatoms. The maximum absolute atomic E-state index is 5.94. The normalized spacial score (nSPS) is 21.5. The van der Waals surface area contributed by atoms with E-state index in [1.165, 1.54) is 22.6 Å². The Morgan fingerprint density at radius 1 is 1.40 bits per heavy atom. The zero-order valence-corrected chi connectivity index (χ0v) is 10.1. The number of thiophene rings is 1. The third kappa shape index (κ3) is 2.93. The van der Waals surface area contributed by atoms with Crippen molar-refractivity contribution in [3.63, 3.8) is 0 Å². The quantitative estimate of drug-likeness (QED) is 0.779. The minimum Gasteiger partial charge on any atom is -0.324 e. The molecular weight excluding hydrogens is 202 g/mol. The van der Waals surface area contributed by atoms with Crippen LogP contribution in [0.15, 0.2) is 23.8 Å². The Hall–Kier alpha value is -0.600. The molecule has 1 heterocycles. The summed E-state index contributed by atoms with van der Waals surface area (Å²) in [5.74, 6) is 0. The van der Waals surface area contributed by atoms with Crippen molar-refractivity contribution in [1.82, 2.24) is 0 Å². The molecule has 1 aliphatic carbocycles. The molecule has 2 N–H and O–H groups in total. The highest BCUT2D eigenvalue weighted by molar-refractivity contribution is 7.12. The molecule has 0 saturated heterocycles. The van der Waals surface area contributed by atoms with Gasteiger partial charge in [0.15, 0.2) is 0 Å². The summed E-state index contributed by atoms with van der Waals surface area (Å²) >= 11 is 1.95. The molecule has 1 aliphatic rings. The molecule has 0 bridgehead atoms. The Kier molecular flexibility index (Phi) is 3.60. The fraction of sp³-hybridized carbons (Fsp3) is 0.538. The van der Waals surface area contributed by atoms with Gasteiger partial charge in [0, 0.05) is 22.2 Å². The van der Waals surface area contributed by atoms with Gasteiger partial charge < -0.3 is 5.73 Å². The minimum absolute atomic E-state index is 0.305. The van der Waals surface area contributed by atoms with E-state index in [2.05, 4.69) is 25.1 Å². The van der Waals surface area contributed by atoms with Gasteiger partial charge in [-0.15, -0.1) is 11.3 Å². The zero-order chi connectivity index (χ0) is 10.7. The number of rotatable bonds is 3. The fourth-order valence-electron chi connectivity index (χ4n) is 2.11. The molecule has 0 aliphatic heterocycles. The first-order valence-corrected chi connectivity index (χ1v) is 6.62. The summed E-state index contributed by atoms with van der Waals surface area (Å²) in [6.45, 7) is 2.21. The second-order valence-electron chi connectivity index (χ2n) is 4.28. The monoisotopic (exact) mass is 221 g/mol. The molecule has 1 aromatic heterocycles. The van der Waals surface area contributed by atoms with Crippen molar-refractivity contribution >= 4 is 11.3 Å². The second kappa shape index (κ2) is 4.95. The van der Waals surface area contributed by atoms with Crippen molar-refractivity contribution in [3.8, 4) is 0 Å². The molecule has 1 unspecified atom stereocenters. The van der Waals surface area contributed by atoms with Crippen LogP contribution in [0, 0.1) is 0 Å². The largest absolute Gasteiger partial charge is 0.324 e. The molecular formula is C13H19NS. The van der Waals surface area contributed by atoms with Gasteiger partial charge in [0.05, 0.1) is 0 Å². The first-order valence-electron chi connectivity index (χ1n) is 5.80. The van der Waals surface area contributed by atoms with Gasteiger partial charge in [-0.2, -0.15) is 0 Å². The highest BCUT2D eigenvalue weighted by atomic mass is 32.1. The van der Waals surface area contributed by atoms with Crippen molar-refractivity contribution in [2.45, 2.75) is 45.1 Å². The van der Waals surface area contributed by atoms with Gasteiger partial charge in [-0.1, -0.05) is 18.6 Å². The summed E-state index contributed by atoms with van der Waals surface area (Å²) < 4.78 is 0. The number of hydrogen-bond donors (Lipinski definition) is 1. The van der Waals surface area contributed by atoms with Crippen LogP contribution < -0.4 is 5.73 Å². The number of aryl methyl sites for hydroxylation is 1. The Labute approximate surface area is 96.0 Å². The third-order valence-corrected chi connectivity index (χ3v) is 4.18. The smallest absolute Gasteiger partial charge is 0.0226 e. The van der Waals surface area contributed by atoms with Gasteiger partial charge in [0.2, 0.25) is 0 Å². The molecule has 0 saturated carbocycles. The third-order valence-electron chi connectivity index (χ3n) is 2.95. The molecule has 0 radical (unpaired) electrons. The molecule has 0 amide bonds. The number of allylic oxidation sites excluding steroid dienone is 1. The Morgan fingerprint density at radius 3 is 2.87 bits per heavy atom. The highest BCUT2D eigenvalue weighted by Gasteiger charge is 2.10. The summed E-state index contributed by atoms with van der Waals surface area (Å²) in [6.07, 6.45) is 8.22. The summed E-state index contributed by atoms with van der Waals surface area (Å²) in [4.78, 5) is 2.98. The van der Waals surface area contributed by atoms with E-state index in [0.29, 0.717) is 6.04 Å². The molecule has 2 rings (SSSR count). The van der Waals surface area contributed by atoms with Gasteiger partial charge in [-0.05, 0) is 37.8 Å². The molecule has 82 valence electrons. The van der Waals surface area contributed by atoms with Crippen LogP contribution in [0.3, 0.4) is 0 Å². The van der Waals surface area contributed by atoms with E-state index in [1.807, 2.05) is 11.3 Å². The average molecular weight is 221 g/mol. The standard InChI is InChI=1S/C13H19NS/c1-2-12-6-7-13(15-12)9-10-4-3-5-11(14)8-10/h6-8,11H,2-5,9,14H2,1H3. The maximum atomic E-state index is 5.94. The van der Waals surface area contributed by atoms with Crippen molar-refractivity contribution in [1.29, 1.82) is 0 Å². The second-order valence-corrected chi connectivity index (χ2v) is 5.53. The number of hydrogen-bond acceptors (Lipinski definition) is 2. The minimum atomic E-state index is 0.305. The first kappa shape index (κ1) is 10.9. The topological polar surface area (TPSA) is 26.0 Å². The van der Waals surface area contributed by atoms with Crippen LogP contribution in [0.4, 0.5) is 0 Å². The highest BCUT2D eigenvalue weighted by Crippen LogP contribution is 2.25. The molecule has 0 spiro atoms. The lowest BCUT2D eigenvalue weighted by atomic mass is 9.94. The van der Waals surface area contributed by atoms with Gasteiger partial charge >= 0.3 is 0 Å². The Bertz CT molecular complexity index is 351. The summed E-state index contributed by atoms with van der Waals surface area (Å²) in [7, 11) is 0. The van der Waals surface area contributed by atoms with Crippen LogP contribution >= 0.6 is 11.3 Å². The van der Waals surface area contributed by atoms with E-state index in [0.717, 1.165) is 19.3 Å². The molecule has 0 aromatic carbocycles. The molecule has 1 nitrogen and oxygen atoms in total. The van der Waals surface area contributed by atoms with Crippen molar-refractivity contribution in [2.24, 2.45) is 5.73 Å². The predicted octanol–water partition coefficient (Wildman–Crippen LogP) is 3.29. The van der Waals surface area contributed by atoms with Gasteiger partial charge in [0.1, 0.15) is 0 Å². The van der Waals surface area contributed by atoms with Crippen LogP contribution in [0.2, 0.25) is 0 Å². The van der Waals surface area contributed by atoms with E-state index in [9.17, 15) is 0 Å².